The third-order valence-corrected chi connectivity index (χ3v) is 5.94. The lowest BCUT2D eigenvalue weighted by atomic mass is 9.87. The van der Waals surface area contributed by atoms with E-state index in [4.69, 9.17) is 14.2 Å². The molecule has 0 spiro atoms. The van der Waals surface area contributed by atoms with Gasteiger partial charge >= 0.3 is 5.97 Å². The van der Waals surface area contributed by atoms with Gasteiger partial charge < -0.3 is 19.5 Å². The van der Waals surface area contributed by atoms with Crippen LogP contribution < -0.4 is 14.8 Å². The molecule has 1 aromatic heterocycles. The van der Waals surface area contributed by atoms with Gasteiger partial charge in [-0.15, -0.1) is 0 Å². The van der Waals surface area contributed by atoms with Crippen LogP contribution in [-0.4, -0.2) is 36.3 Å². The Morgan fingerprint density at radius 1 is 1.16 bits per heavy atom. The van der Waals surface area contributed by atoms with E-state index in [2.05, 4.69) is 43.2 Å². The van der Waals surface area contributed by atoms with Crippen LogP contribution in [0.1, 0.15) is 53.8 Å². The summed E-state index contributed by atoms with van der Waals surface area (Å²) in [5.41, 5.74) is 6.08. The monoisotopic (exact) mass is 426 g/mol. The molecule has 0 bridgehead atoms. The molecule has 1 atom stereocenters. The lowest BCUT2D eigenvalue weighted by Crippen LogP contribution is -2.43. The number of nitrogens with one attached hydrogen (secondary N) is 1. The van der Waals surface area contributed by atoms with Crippen LogP contribution >= 0.6 is 0 Å². The Hall–Kier alpha value is -2.76. The molecular formula is C25H34N2O4. The first kappa shape index (κ1) is 22.9. The highest BCUT2D eigenvalue weighted by atomic mass is 16.6. The second-order valence-corrected chi connectivity index (χ2v) is 8.68. The Morgan fingerprint density at radius 3 is 2.58 bits per heavy atom. The molecule has 2 heterocycles. The molecule has 6 nitrogen and oxygen atoms in total. The fraction of sp³-hybridized carbons (Fsp3) is 0.520. The van der Waals surface area contributed by atoms with Gasteiger partial charge in [0, 0.05) is 11.3 Å². The molecule has 1 aliphatic heterocycles. The van der Waals surface area contributed by atoms with Crippen molar-refractivity contribution in [1.82, 2.24) is 4.98 Å². The Balaban J connectivity index is 1.79. The van der Waals surface area contributed by atoms with E-state index in [9.17, 15) is 4.79 Å². The van der Waals surface area contributed by atoms with Gasteiger partial charge in [0.2, 0.25) is 0 Å². The zero-order valence-electron chi connectivity index (χ0n) is 19.8. The molecule has 2 aromatic rings. The van der Waals surface area contributed by atoms with Crippen molar-refractivity contribution >= 4 is 11.8 Å². The molecule has 31 heavy (non-hydrogen) atoms. The minimum absolute atomic E-state index is 0.0842. The van der Waals surface area contributed by atoms with Gasteiger partial charge in [-0.3, -0.25) is 0 Å². The number of carbonyl (C=O) groups excluding carboxylic acids is 1. The van der Waals surface area contributed by atoms with Crippen molar-refractivity contribution in [1.29, 1.82) is 0 Å². The summed E-state index contributed by atoms with van der Waals surface area (Å²) in [4.78, 5) is 16.3. The fourth-order valence-electron chi connectivity index (χ4n) is 4.17. The highest BCUT2D eigenvalue weighted by Crippen LogP contribution is 2.43. The number of fused-ring (bicyclic) bond motifs is 1. The van der Waals surface area contributed by atoms with Crippen LogP contribution in [0.5, 0.6) is 11.5 Å². The maximum absolute atomic E-state index is 11.7. The number of hydrogen-bond acceptors (Lipinski definition) is 6. The Kier molecular flexibility index (Phi) is 6.77. The first-order valence-electron chi connectivity index (χ1n) is 10.9. The quantitative estimate of drug-likeness (QED) is 0.644. The number of rotatable bonds is 7. The van der Waals surface area contributed by atoms with Gasteiger partial charge in [-0.2, -0.15) is 0 Å². The van der Waals surface area contributed by atoms with Gasteiger partial charge in [0.05, 0.1) is 13.2 Å². The minimum atomic E-state index is -0.355. The van der Waals surface area contributed by atoms with Crippen LogP contribution in [0, 0.1) is 34.6 Å². The molecule has 6 heteroatoms. The van der Waals surface area contributed by atoms with Crippen molar-refractivity contribution in [3.63, 3.8) is 0 Å². The van der Waals surface area contributed by atoms with E-state index in [-0.39, 0.29) is 18.2 Å². The Morgan fingerprint density at radius 2 is 1.90 bits per heavy atom. The summed E-state index contributed by atoms with van der Waals surface area (Å²) in [6.07, 6.45) is 1.76. The van der Waals surface area contributed by atoms with Gasteiger partial charge in [-0.1, -0.05) is 0 Å². The normalized spacial score (nSPS) is 17.5. The predicted molar refractivity (Wildman–Crippen MR) is 122 cm³/mol. The zero-order chi connectivity index (χ0) is 22.8. The second kappa shape index (κ2) is 9.16. The number of esters is 1. The molecule has 0 saturated heterocycles. The van der Waals surface area contributed by atoms with Gasteiger partial charge in [0.1, 0.15) is 22.9 Å². The molecule has 0 aliphatic carbocycles. The molecule has 0 fully saturated rings. The van der Waals surface area contributed by atoms with Gasteiger partial charge in [-0.05, 0) is 95.7 Å². The van der Waals surface area contributed by atoms with Crippen LogP contribution in [0.15, 0.2) is 12.1 Å². The van der Waals surface area contributed by atoms with Crippen LogP contribution in [0.4, 0.5) is 5.82 Å². The molecule has 1 N–H and O–H groups in total. The molecule has 1 unspecified atom stereocenters. The summed E-state index contributed by atoms with van der Waals surface area (Å²) in [6, 6.07) is 4.12. The van der Waals surface area contributed by atoms with Crippen LogP contribution in [0.25, 0.3) is 0 Å². The maximum Gasteiger partial charge on any atom is 0.344 e. The van der Waals surface area contributed by atoms with E-state index in [1.807, 2.05) is 20.8 Å². The molecule has 1 aliphatic rings. The molecule has 0 amide bonds. The van der Waals surface area contributed by atoms with Gasteiger partial charge in [0.25, 0.3) is 0 Å². The first-order valence-corrected chi connectivity index (χ1v) is 10.9. The summed E-state index contributed by atoms with van der Waals surface area (Å²) >= 11 is 0. The Labute approximate surface area is 185 Å². The molecule has 168 valence electrons. The number of hydrogen-bond donors (Lipinski definition) is 1. The van der Waals surface area contributed by atoms with Crippen molar-refractivity contribution < 1.29 is 19.0 Å². The molecule has 1 aromatic carbocycles. The number of anilines is 1. The minimum Gasteiger partial charge on any atom is -0.485 e. The number of pyridine rings is 1. The number of aromatic nitrogens is 1. The predicted octanol–water partition coefficient (Wildman–Crippen LogP) is 4.76. The van der Waals surface area contributed by atoms with E-state index in [1.54, 1.807) is 6.92 Å². The standard InChI is InChI=1S/C25H34N2O4/c1-8-29-22(28)13-30-23-17(4)18(5)24-20(19(23)6)9-10-25(7,31-24)14-26-21-12-15(2)11-16(3)27-21/h11-12H,8-10,13-14H2,1-7H3,(H,26,27). The summed E-state index contributed by atoms with van der Waals surface area (Å²) < 4.78 is 17.4. The Bertz CT molecular complexity index is 966. The van der Waals surface area contributed by atoms with Crippen molar-refractivity contribution in [2.24, 2.45) is 0 Å². The van der Waals surface area contributed by atoms with Gasteiger partial charge in [-0.25, -0.2) is 9.78 Å². The first-order chi connectivity index (χ1) is 14.6. The zero-order valence-corrected chi connectivity index (χ0v) is 19.8. The van der Waals surface area contributed by atoms with E-state index in [0.29, 0.717) is 13.2 Å². The number of benzene rings is 1. The number of carbonyl (C=O) groups is 1. The molecular weight excluding hydrogens is 392 g/mol. The van der Waals surface area contributed by atoms with E-state index >= 15 is 0 Å². The van der Waals surface area contributed by atoms with Crippen molar-refractivity contribution in [3.05, 3.63) is 45.6 Å². The second-order valence-electron chi connectivity index (χ2n) is 8.68. The number of ether oxygens (including phenoxy) is 3. The van der Waals surface area contributed by atoms with Crippen molar-refractivity contribution in [2.75, 3.05) is 25.1 Å². The van der Waals surface area contributed by atoms with Crippen LogP contribution in [0.2, 0.25) is 0 Å². The smallest absolute Gasteiger partial charge is 0.344 e. The van der Waals surface area contributed by atoms with Crippen LogP contribution in [-0.2, 0) is 16.0 Å². The summed E-state index contributed by atoms with van der Waals surface area (Å²) in [6.45, 7) is 15.0. The van der Waals surface area contributed by atoms with E-state index in [1.165, 1.54) is 5.56 Å². The maximum atomic E-state index is 11.7. The lowest BCUT2D eigenvalue weighted by Gasteiger charge is -2.38. The van der Waals surface area contributed by atoms with Gasteiger partial charge in [0.15, 0.2) is 6.61 Å². The summed E-state index contributed by atoms with van der Waals surface area (Å²) in [5, 5.41) is 3.46. The average Bonchev–Trinajstić information content (AvgIpc) is 2.70. The average molecular weight is 427 g/mol. The lowest BCUT2D eigenvalue weighted by molar-refractivity contribution is -0.145. The van der Waals surface area contributed by atoms with Crippen molar-refractivity contribution in [2.45, 2.75) is 66.9 Å². The fourth-order valence-corrected chi connectivity index (χ4v) is 4.17. The molecule has 3 rings (SSSR count). The van der Waals surface area contributed by atoms with E-state index < -0.39 is 0 Å². The van der Waals surface area contributed by atoms with Crippen LogP contribution in [0.3, 0.4) is 0 Å². The topological polar surface area (TPSA) is 69.7 Å². The highest BCUT2D eigenvalue weighted by Gasteiger charge is 2.35. The SMILES string of the molecule is CCOC(=O)COc1c(C)c(C)c2c(c1C)CCC(C)(CNc1cc(C)cc(C)n1)O2. The third kappa shape index (κ3) is 5.12. The highest BCUT2D eigenvalue weighted by molar-refractivity contribution is 5.71. The number of nitrogens with zero attached hydrogens (tertiary/aromatic N) is 1. The number of aryl methyl sites for hydroxylation is 2. The van der Waals surface area contributed by atoms with Crippen molar-refractivity contribution in [3.8, 4) is 11.5 Å². The largest absolute Gasteiger partial charge is 0.485 e. The van der Waals surface area contributed by atoms with E-state index in [0.717, 1.165) is 58.1 Å². The third-order valence-electron chi connectivity index (χ3n) is 5.94. The molecule has 0 saturated carbocycles. The summed E-state index contributed by atoms with van der Waals surface area (Å²) in [7, 11) is 0. The molecule has 0 radical (unpaired) electrons. The summed E-state index contributed by atoms with van der Waals surface area (Å²) in [5.74, 6) is 2.21.